The molecule has 0 saturated carbocycles. The number of benzene rings is 2. The number of aliphatic imine (C=N–C) groups is 1. The molecule has 1 fully saturated rings. The van der Waals surface area contributed by atoms with Gasteiger partial charge in [-0.05, 0) is 68.9 Å². The molecule has 0 aromatic heterocycles. The first kappa shape index (κ1) is 23.3. The van der Waals surface area contributed by atoms with Crippen molar-refractivity contribution in [2.45, 2.75) is 39.3 Å². The van der Waals surface area contributed by atoms with Crippen LogP contribution in [0.25, 0.3) is 4.85 Å². The first-order valence-electron chi connectivity index (χ1n) is 10.6. The third-order valence-corrected chi connectivity index (χ3v) is 6.21. The molecule has 0 aliphatic carbocycles. The van der Waals surface area contributed by atoms with Gasteiger partial charge in [0.1, 0.15) is 17.1 Å². The second kappa shape index (κ2) is 8.80. The summed E-state index contributed by atoms with van der Waals surface area (Å²) in [6.07, 6.45) is 3.94. The maximum Gasteiger partial charge on any atom is 0.269 e. The predicted molar refractivity (Wildman–Crippen MR) is 134 cm³/mol. The summed E-state index contributed by atoms with van der Waals surface area (Å²) in [7, 11) is 0. The number of amides is 2. The zero-order valence-electron chi connectivity index (χ0n) is 18.9. The van der Waals surface area contributed by atoms with Gasteiger partial charge in [-0.15, -0.1) is 0 Å². The van der Waals surface area contributed by atoms with E-state index in [1.807, 2.05) is 0 Å². The van der Waals surface area contributed by atoms with E-state index in [1.54, 1.807) is 68.3 Å². The third-order valence-electron chi connectivity index (χ3n) is 5.84. The lowest BCUT2D eigenvalue weighted by Gasteiger charge is -2.29. The van der Waals surface area contributed by atoms with Gasteiger partial charge in [0.25, 0.3) is 11.8 Å². The Balaban J connectivity index is 1.59. The molecule has 1 saturated heterocycles. The minimum Gasteiger partial charge on any atom is -0.347 e. The highest BCUT2D eigenvalue weighted by atomic mass is 32.1. The molecule has 9 heteroatoms. The van der Waals surface area contributed by atoms with Gasteiger partial charge in [0, 0.05) is 36.1 Å². The first-order chi connectivity index (χ1) is 16.1. The number of anilines is 2. The van der Waals surface area contributed by atoms with E-state index >= 15 is 0 Å². The second-order valence-corrected chi connectivity index (χ2v) is 8.86. The summed E-state index contributed by atoms with van der Waals surface area (Å²) in [5, 5.41) is 2.88. The fourth-order valence-electron chi connectivity index (χ4n) is 3.96. The minimum atomic E-state index is -1.06. The van der Waals surface area contributed by atoms with Gasteiger partial charge in [0.15, 0.2) is 10.8 Å². The Bertz CT molecular complexity index is 1330. The molecule has 4 rings (SSSR count). The topological polar surface area (TPSA) is 69.4 Å². The molecule has 7 nitrogen and oxygen atoms in total. The van der Waals surface area contributed by atoms with E-state index in [0.717, 1.165) is 5.56 Å². The molecule has 0 unspecified atom stereocenters. The van der Waals surface area contributed by atoms with Gasteiger partial charge < -0.3 is 10.2 Å². The monoisotopic (exact) mass is 475 g/mol. The molecule has 0 radical (unpaired) electrons. The van der Waals surface area contributed by atoms with Crippen LogP contribution in [-0.2, 0) is 16.1 Å². The molecule has 2 heterocycles. The maximum absolute atomic E-state index is 15.0. The number of allylic oxidation sites excluding steroid dienone is 1. The summed E-state index contributed by atoms with van der Waals surface area (Å²) in [6, 6.07) is 9.63. The molecule has 172 valence electrons. The van der Waals surface area contributed by atoms with Crippen LogP contribution >= 0.6 is 12.2 Å². The molecule has 2 aromatic rings. The quantitative estimate of drug-likeness (QED) is 0.508. The van der Waals surface area contributed by atoms with E-state index in [4.69, 9.17) is 18.8 Å². The lowest BCUT2D eigenvalue weighted by molar-refractivity contribution is -0.120. The van der Waals surface area contributed by atoms with Gasteiger partial charge in [-0.1, -0.05) is 12.1 Å². The number of rotatable bonds is 5. The molecule has 0 atom stereocenters. The smallest absolute Gasteiger partial charge is 0.269 e. The summed E-state index contributed by atoms with van der Waals surface area (Å²) in [5.74, 6) is -1.14. The third kappa shape index (κ3) is 3.97. The van der Waals surface area contributed by atoms with Crippen molar-refractivity contribution in [3.05, 3.63) is 76.5 Å². The summed E-state index contributed by atoms with van der Waals surface area (Å²) < 4.78 is 15.0. The van der Waals surface area contributed by atoms with Gasteiger partial charge in [0.2, 0.25) is 0 Å². The van der Waals surface area contributed by atoms with Gasteiger partial charge in [0.05, 0.1) is 6.57 Å². The Morgan fingerprint density at radius 3 is 2.62 bits per heavy atom. The van der Waals surface area contributed by atoms with Crippen LogP contribution in [0.2, 0.25) is 0 Å². The SMILES string of the molecule is [C-]#[N+]c1ccc(N2C(=O)C(C)(C)N(c3ccc(CNC(=O)C4=CCC=N4)c(F)c3)C2=S)cc1C. The van der Waals surface area contributed by atoms with E-state index in [1.165, 1.54) is 11.0 Å². The number of nitrogens with zero attached hydrogens (tertiary/aromatic N) is 4. The summed E-state index contributed by atoms with van der Waals surface area (Å²) in [4.78, 5) is 35.9. The molecule has 2 aliphatic rings. The van der Waals surface area contributed by atoms with Crippen LogP contribution in [0.3, 0.4) is 0 Å². The number of carbonyl (C=O) groups is 2. The molecular formula is C25H22FN5O2S. The van der Waals surface area contributed by atoms with Crippen molar-refractivity contribution in [3.63, 3.8) is 0 Å². The average Bonchev–Trinajstić information content (AvgIpc) is 3.39. The molecule has 34 heavy (non-hydrogen) atoms. The molecule has 2 amide bonds. The van der Waals surface area contributed by atoms with Gasteiger partial charge in [-0.2, -0.15) is 0 Å². The van der Waals surface area contributed by atoms with E-state index in [9.17, 15) is 14.0 Å². The lowest BCUT2D eigenvalue weighted by atomic mass is 10.0. The fraction of sp³-hybridized carbons (Fsp3) is 0.240. The van der Waals surface area contributed by atoms with E-state index in [-0.39, 0.29) is 23.5 Å². The van der Waals surface area contributed by atoms with Crippen molar-refractivity contribution < 1.29 is 14.0 Å². The fourth-order valence-corrected chi connectivity index (χ4v) is 4.49. The largest absolute Gasteiger partial charge is 0.347 e. The molecule has 2 aliphatic heterocycles. The van der Waals surface area contributed by atoms with Crippen LogP contribution < -0.4 is 15.1 Å². The van der Waals surface area contributed by atoms with Crippen molar-refractivity contribution in [2.75, 3.05) is 9.80 Å². The summed E-state index contributed by atoms with van der Waals surface area (Å²) in [5.41, 5.74) is 1.78. The Kier molecular flexibility index (Phi) is 6.02. The highest BCUT2D eigenvalue weighted by Gasteiger charge is 2.50. The van der Waals surface area contributed by atoms with Crippen molar-refractivity contribution >= 4 is 52.4 Å². The lowest BCUT2D eigenvalue weighted by Crippen LogP contribution is -2.44. The Morgan fingerprint density at radius 1 is 1.26 bits per heavy atom. The van der Waals surface area contributed by atoms with Crippen LogP contribution in [0.1, 0.15) is 31.4 Å². The number of thiocarbonyl (C=S) groups is 1. The summed E-state index contributed by atoms with van der Waals surface area (Å²) in [6.45, 7) is 12.5. The highest BCUT2D eigenvalue weighted by Crippen LogP contribution is 2.38. The zero-order valence-corrected chi connectivity index (χ0v) is 19.7. The number of hydrogen-bond donors (Lipinski definition) is 1. The summed E-state index contributed by atoms with van der Waals surface area (Å²) >= 11 is 5.65. The normalized spacial score (nSPS) is 16.6. The molecule has 2 aromatic carbocycles. The van der Waals surface area contributed by atoms with Crippen LogP contribution in [0, 0.1) is 19.3 Å². The van der Waals surface area contributed by atoms with Crippen molar-refractivity contribution in [2.24, 2.45) is 4.99 Å². The van der Waals surface area contributed by atoms with Crippen LogP contribution in [0.5, 0.6) is 0 Å². The number of hydrogen-bond acceptors (Lipinski definition) is 4. The Hall–Kier alpha value is -3.90. The number of halogens is 1. The van der Waals surface area contributed by atoms with Crippen molar-refractivity contribution in [1.29, 1.82) is 0 Å². The van der Waals surface area contributed by atoms with Gasteiger partial charge in [-0.3, -0.25) is 19.5 Å². The van der Waals surface area contributed by atoms with E-state index in [0.29, 0.717) is 34.7 Å². The first-order valence-corrected chi connectivity index (χ1v) is 11.0. The van der Waals surface area contributed by atoms with Crippen molar-refractivity contribution in [1.82, 2.24) is 5.32 Å². The van der Waals surface area contributed by atoms with Crippen molar-refractivity contribution in [3.8, 4) is 0 Å². The predicted octanol–water partition coefficient (Wildman–Crippen LogP) is 4.58. The molecular weight excluding hydrogens is 453 g/mol. The average molecular weight is 476 g/mol. The molecule has 1 N–H and O–H groups in total. The number of nitrogens with one attached hydrogen (secondary N) is 1. The molecule has 0 bridgehead atoms. The van der Waals surface area contributed by atoms with E-state index in [2.05, 4.69) is 15.2 Å². The Labute approximate surface area is 202 Å². The standard InChI is InChI=1S/C25H22FN5O2S/c1-15-12-17(9-10-20(15)27-4)30-23(33)25(2,3)31(24(30)34)18-8-7-16(19(26)13-18)14-29-22(32)21-6-5-11-28-21/h6-13H,5,14H2,1-3H3,(H,29,32). The van der Waals surface area contributed by atoms with Gasteiger partial charge in [-0.25, -0.2) is 9.24 Å². The van der Waals surface area contributed by atoms with Crippen LogP contribution in [0.4, 0.5) is 21.5 Å². The van der Waals surface area contributed by atoms with Crippen LogP contribution in [0.15, 0.2) is 53.2 Å². The minimum absolute atomic E-state index is 0.00335. The van der Waals surface area contributed by atoms with E-state index < -0.39 is 11.4 Å². The Morgan fingerprint density at radius 2 is 2.00 bits per heavy atom. The number of aryl methyl sites for hydroxylation is 1. The second-order valence-electron chi connectivity index (χ2n) is 8.50. The number of carbonyl (C=O) groups excluding carboxylic acids is 2. The highest BCUT2D eigenvalue weighted by molar-refractivity contribution is 7.81. The maximum atomic E-state index is 15.0. The van der Waals surface area contributed by atoms with Crippen LogP contribution in [-0.4, -0.2) is 28.7 Å². The van der Waals surface area contributed by atoms with Gasteiger partial charge >= 0.3 is 0 Å². The zero-order chi connectivity index (χ0) is 24.6. The molecule has 0 spiro atoms.